The summed E-state index contributed by atoms with van der Waals surface area (Å²) >= 11 is 0. The van der Waals surface area contributed by atoms with Crippen LogP contribution in [0.3, 0.4) is 0 Å². The summed E-state index contributed by atoms with van der Waals surface area (Å²) in [5.41, 5.74) is 0.867. The molecule has 6 heteroatoms. The molecule has 1 aromatic carbocycles. The van der Waals surface area contributed by atoms with Gasteiger partial charge in [-0.05, 0) is 70.7 Å². The highest BCUT2D eigenvalue weighted by Gasteiger charge is 2.29. The molecule has 0 radical (unpaired) electrons. The Morgan fingerprint density at radius 3 is 1.96 bits per heavy atom. The minimum absolute atomic E-state index is 0.0873. The second kappa shape index (κ2) is 7.68. The molecule has 0 aromatic heterocycles. The number of aliphatic carboxylic acids is 1. The number of rotatable bonds is 4. The molecule has 25 heavy (non-hydrogen) atoms. The highest BCUT2D eigenvalue weighted by Crippen LogP contribution is 2.29. The van der Waals surface area contributed by atoms with Crippen molar-refractivity contribution in [1.82, 2.24) is 5.32 Å². The zero-order valence-corrected chi connectivity index (χ0v) is 15.0. The topological polar surface area (TPSA) is 95.5 Å². The molecule has 0 spiro atoms. The van der Waals surface area contributed by atoms with E-state index < -0.39 is 5.97 Å². The van der Waals surface area contributed by atoms with Gasteiger partial charge in [-0.25, -0.2) is 0 Å². The first-order valence-electron chi connectivity index (χ1n) is 8.62. The van der Waals surface area contributed by atoms with E-state index in [1.54, 1.807) is 24.3 Å². The van der Waals surface area contributed by atoms with Crippen molar-refractivity contribution < 1.29 is 19.5 Å². The maximum Gasteiger partial charge on any atom is 0.306 e. The van der Waals surface area contributed by atoms with Crippen molar-refractivity contribution in [2.45, 2.75) is 52.0 Å². The number of anilines is 1. The zero-order valence-electron chi connectivity index (χ0n) is 15.0. The molecule has 1 aliphatic carbocycles. The second-order valence-electron chi connectivity index (χ2n) is 7.66. The van der Waals surface area contributed by atoms with Crippen molar-refractivity contribution in [3.05, 3.63) is 29.8 Å². The van der Waals surface area contributed by atoms with Crippen LogP contribution in [-0.4, -0.2) is 28.4 Å². The number of carboxylic acid groups (broad SMARTS) is 1. The van der Waals surface area contributed by atoms with Crippen LogP contribution >= 0.6 is 0 Å². The van der Waals surface area contributed by atoms with Crippen LogP contribution in [-0.2, 0) is 9.59 Å². The second-order valence-corrected chi connectivity index (χ2v) is 7.66. The van der Waals surface area contributed by atoms with E-state index in [0.29, 0.717) is 36.9 Å². The first-order chi connectivity index (χ1) is 11.7. The lowest BCUT2D eigenvalue weighted by Crippen LogP contribution is -2.40. The average molecular weight is 346 g/mol. The van der Waals surface area contributed by atoms with Crippen LogP contribution in [0.5, 0.6) is 0 Å². The summed E-state index contributed by atoms with van der Waals surface area (Å²) in [4.78, 5) is 35.4. The Bertz CT molecular complexity index is 638. The molecule has 1 aliphatic rings. The molecule has 1 aromatic rings. The maximum absolute atomic E-state index is 12.3. The first kappa shape index (κ1) is 19.0. The molecule has 6 nitrogen and oxygen atoms in total. The smallest absolute Gasteiger partial charge is 0.306 e. The molecule has 3 N–H and O–H groups in total. The van der Waals surface area contributed by atoms with E-state index in [4.69, 9.17) is 5.11 Å². The summed E-state index contributed by atoms with van der Waals surface area (Å²) in [6.07, 6.45) is 2.27. The van der Waals surface area contributed by atoms with Crippen LogP contribution in [0.1, 0.15) is 56.8 Å². The maximum atomic E-state index is 12.3. The van der Waals surface area contributed by atoms with E-state index in [1.807, 2.05) is 20.8 Å². The van der Waals surface area contributed by atoms with Gasteiger partial charge in [0.1, 0.15) is 0 Å². The number of hydrogen-bond acceptors (Lipinski definition) is 3. The predicted molar refractivity (Wildman–Crippen MR) is 95.4 cm³/mol. The standard InChI is InChI=1S/C19H26N2O4/c1-19(2,3)21-17(23)13-8-10-15(11-9-13)20-16(22)12-4-6-14(7-5-12)18(24)25/h8-12,14H,4-7H2,1-3H3,(H,20,22)(H,21,23)(H,24,25). The van der Waals surface area contributed by atoms with Crippen LogP contribution in [0.25, 0.3) is 0 Å². The summed E-state index contributed by atoms with van der Waals surface area (Å²) in [5, 5.41) is 14.7. The van der Waals surface area contributed by atoms with Gasteiger partial charge in [-0.3, -0.25) is 14.4 Å². The van der Waals surface area contributed by atoms with Crippen LogP contribution < -0.4 is 10.6 Å². The molecule has 1 saturated carbocycles. The Labute approximate surface area is 148 Å². The normalized spacial score (nSPS) is 20.6. The van der Waals surface area contributed by atoms with Crippen LogP contribution in [0.15, 0.2) is 24.3 Å². The van der Waals surface area contributed by atoms with Gasteiger partial charge >= 0.3 is 5.97 Å². The van der Waals surface area contributed by atoms with Gasteiger partial charge in [0.25, 0.3) is 5.91 Å². The highest BCUT2D eigenvalue weighted by atomic mass is 16.4. The molecular formula is C19H26N2O4. The van der Waals surface area contributed by atoms with E-state index >= 15 is 0 Å². The Hall–Kier alpha value is -2.37. The number of nitrogens with one attached hydrogen (secondary N) is 2. The van der Waals surface area contributed by atoms with Gasteiger partial charge in [0.15, 0.2) is 0 Å². The number of amides is 2. The third-order valence-corrected chi connectivity index (χ3v) is 4.35. The SMILES string of the molecule is CC(C)(C)NC(=O)c1ccc(NC(=O)C2CCC(C(=O)O)CC2)cc1. The van der Waals surface area contributed by atoms with Crippen molar-refractivity contribution in [1.29, 1.82) is 0 Å². The van der Waals surface area contributed by atoms with Crippen LogP contribution in [0.2, 0.25) is 0 Å². The van der Waals surface area contributed by atoms with Crippen molar-refractivity contribution in [3.63, 3.8) is 0 Å². The van der Waals surface area contributed by atoms with Gasteiger partial charge in [0, 0.05) is 22.7 Å². The average Bonchev–Trinajstić information content (AvgIpc) is 2.54. The van der Waals surface area contributed by atoms with E-state index in [2.05, 4.69) is 10.6 Å². The Balaban J connectivity index is 1.90. The van der Waals surface area contributed by atoms with E-state index in [-0.39, 0.29) is 29.2 Å². The number of carbonyl (C=O) groups excluding carboxylic acids is 2. The van der Waals surface area contributed by atoms with Crippen LogP contribution in [0.4, 0.5) is 5.69 Å². The number of carboxylic acids is 1. The fourth-order valence-electron chi connectivity index (χ4n) is 2.96. The molecule has 0 unspecified atom stereocenters. The summed E-state index contributed by atoms with van der Waals surface area (Å²) in [6, 6.07) is 6.77. The molecule has 0 saturated heterocycles. The van der Waals surface area contributed by atoms with Gasteiger partial charge in [-0.15, -0.1) is 0 Å². The fraction of sp³-hybridized carbons (Fsp3) is 0.526. The molecular weight excluding hydrogens is 320 g/mol. The summed E-state index contributed by atoms with van der Waals surface area (Å²) < 4.78 is 0. The van der Waals surface area contributed by atoms with Crippen molar-refractivity contribution in [2.24, 2.45) is 11.8 Å². The fourth-order valence-corrected chi connectivity index (χ4v) is 2.96. The minimum atomic E-state index is -0.775. The zero-order chi connectivity index (χ0) is 18.6. The van der Waals surface area contributed by atoms with E-state index in [0.717, 1.165) is 0 Å². The van der Waals surface area contributed by atoms with E-state index in [1.165, 1.54) is 0 Å². The molecule has 0 bridgehead atoms. The Kier molecular flexibility index (Phi) is 5.82. The van der Waals surface area contributed by atoms with Crippen molar-refractivity contribution >= 4 is 23.5 Å². The number of benzene rings is 1. The van der Waals surface area contributed by atoms with Gasteiger partial charge in [0.2, 0.25) is 5.91 Å². The first-order valence-corrected chi connectivity index (χ1v) is 8.62. The number of hydrogen-bond donors (Lipinski definition) is 3. The third kappa shape index (κ3) is 5.59. The van der Waals surface area contributed by atoms with Gasteiger partial charge in [-0.1, -0.05) is 0 Å². The molecule has 0 aliphatic heterocycles. The summed E-state index contributed by atoms with van der Waals surface area (Å²) in [7, 11) is 0. The van der Waals surface area contributed by atoms with Crippen LogP contribution in [0, 0.1) is 11.8 Å². The Morgan fingerprint density at radius 2 is 1.48 bits per heavy atom. The van der Waals surface area contributed by atoms with Crippen molar-refractivity contribution in [3.8, 4) is 0 Å². The highest BCUT2D eigenvalue weighted by molar-refractivity contribution is 5.96. The summed E-state index contributed by atoms with van der Waals surface area (Å²) in [6.45, 7) is 5.75. The van der Waals surface area contributed by atoms with Gasteiger partial charge in [0.05, 0.1) is 5.92 Å². The molecule has 2 rings (SSSR count). The predicted octanol–water partition coefficient (Wildman–Crippen LogP) is 3.04. The lowest BCUT2D eigenvalue weighted by molar-refractivity contribution is -0.143. The van der Waals surface area contributed by atoms with Gasteiger partial charge in [-0.2, -0.15) is 0 Å². The summed E-state index contributed by atoms with van der Waals surface area (Å²) in [5.74, 6) is -1.50. The van der Waals surface area contributed by atoms with Gasteiger partial charge < -0.3 is 15.7 Å². The molecule has 0 atom stereocenters. The lowest BCUT2D eigenvalue weighted by Gasteiger charge is -2.25. The lowest BCUT2D eigenvalue weighted by atomic mass is 9.81. The number of carbonyl (C=O) groups is 3. The minimum Gasteiger partial charge on any atom is -0.481 e. The quantitative estimate of drug-likeness (QED) is 0.781. The monoisotopic (exact) mass is 346 g/mol. The largest absolute Gasteiger partial charge is 0.481 e. The third-order valence-electron chi connectivity index (χ3n) is 4.35. The Morgan fingerprint density at radius 1 is 0.960 bits per heavy atom. The molecule has 2 amide bonds. The molecule has 0 heterocycles. The molecule has 136 valence electrons. The van der Waals surface area contributed by atoms with Crippen molar-refractivity contribution in [2.75, 3.05) is 5.32 Å². The van der Waals surface area contributed by atoms with E-state index in [9.17, 15) is 14.4 Å². The molecule has 1 fully saturated rings.